The molecule has 0 spiro atoms. The summed E-state index contributed by atoms with van der Waals surface area (Å²) < 4.78 is 0. The molecule has 0 saturated carbocycles. The number of hydrogen-bond donors (Lipinski definition) is 1. The maximum atomic E-state index is 10.1. The van der Waals surface area contributed by atoms with Crippen LogP contribution in [0.1, 0.15) is 78.1 Å². The number of unbranched alkanes of at least 4 members (excludes halogenated alkanes) is 8. The third kappa shape index (κ3) is 31.6. The van der Waals surface area contributed by atoms with E-state index in [1.807, 2.05) is 0 Å². The zero-order valence-electron chi connectivity index (χ0n) is 12.6. The smallest absolute Gasteiger partial charge is 0.300 e. The van der Waals surface area contributed by atoms with Gasteiger partial charge < -0.3 is 9.90 Å². The second kappa shape index (κ2) is 19.2. The summed E-state index contributed by atoms with van der Waals surface area (Å²) in [7, 11) is 0. The number of carboxylic acids is 1. The topological polar surface area (TPSA) is 54.4 Å². The molecule has 0 aliphatic heterocycles. The number of allylic oxidation sites excluding steroid dienone is 2. The standard InChI is InChI=1S/C14H26O.C2H4O2/c1-2-3-4-5-6-7-8-9-10-11-12-13-14-15;1-2(3)4/h3-4,14H,2,5-13H2,1H3;1H3,(H,3,4)/b4-3+;. The van der Waals surface area contributed by atoms with Crippen molar-refractivity contribution < 1.29 is 14.7 Å². The van der Waals surface area contributed by atoms with Gasteiger partial charge in [0, 0.05) is 13.3 Å². The molecule has 0 saturated heterocycles. The number of hydrogen-bond acceptors (Lipinski definition) is 2. The summed E-state index contributed by atoms with van der Waals surface area (Å²) in [6.07, 6.45) is 17.8. The summed E-state index contributed by atoms with van der Waals surface area (Å²) in [5, 5.41) is 7.42. The molecule has 0 aromatic rings. The van der Waals surface area contributed by atoms with Gasteiger partial charge in [0.15, 0.2) is 0 Å². The molecule has 112 valence electrons. The lowest BCUT2D eigenvalue weighted by atomic mass is 10.1. The van der Waals surface area contributed by atoms with Crippen LogP contribution in [0.5, 0.6) is 0 Å². The molecule has 0 atom stereocenters. The summed E-state index contributed by atoms with van der Waals surface area (Å²) in [5.41, 5.74) is 0. The highest BCUT2D eigenvalue weighted by Crippen LogP contribution is 2.09. The molecule has 0 aliphatic carbocycles. The van der Waals surface area contributed by atoms with Gasteiger partial charge in [0.2, 0.25) is 0 Å². The lowest BCUT2D eigenvalue weighted by Gasteiger charge is -1.99. The molecular formula is C16H30O3. The summed E-state index contributed by atoms with van der Waals surface area (Å²) >= 11 is 0. The Morgan fingerprint density at radius 1 is 0.895 bits per heavy atom. The van der Waals surface area contributed by atoms with E-state index in [1.165, 1.54) is 44.9 Å². The largest absolute Gasteiger partial charge is 0.481 e. The van der Waals surface area contributed by atoms with E-state index in [2.05, 4.69) is 19.1 Å². The average Bonchev–Trinajstić information content (AvgIpc) is 2.35. The first-order valence-corrected chi connectivity index (χ1v) is 7.43. The van der Waals surface area contributed by atoms with E-state index in [0.717, 1.165) is 32.5 Å². The van der Waals surface area contributed by atoms with Crippen molar-refractivity contribution in [1.82, 2.24) is 0 Å². The predicted octanol–water partition coefficient (Wildman–Crippen LogP) is 4.75. The average molecular weight is 270 g/mol. The van der Waals surface area contributed by atoms with Crippen LogP contribution in [0.2, 0.25) is 0 Å². The van der Waals surface area contributed by atoms with Crippen LogP contribution in [-0.4, -0.2) is 17.4 Å². The van der Waals surface area contributed by atoms with Crippen LogP contribution in [0.3, 0.4) is 0 Å². The van der Waals surface area contributed by atoms with Gasteiger partial charge in [-0.25, -0.2) is 0 Å². The number of carbonyl (C=O) groups excluding carboxylic acids is 1. The number of carbonyl (C=O) groups is 2. The Bertz CT molecular complexity index is 218. The fraction of sp³-hybridized carbons (Fsp3) is 0.750. The third-order valence-corrected chi connectivity index (χ3v) is 2.60. The van der Waals surface area contributed by atoms with E-state index < -0.39 is 5.97 Å². The van der Waals surface area contributed by atoms with Crippen molar-refractivity contribution in [2.75, 3.05) is 0 Å². The summed E-state index contributed by atoms with van der Waals surface area (Å²) in [6, 6.07) is 0. The van der Waals surface area contributed by atoms with Crippen LogP contribution < -0.4 is 0 Å². The van der Waals surface area contributed by atoms with Gasteiger partial charge in [-0.05, 0) is 25.7 Å². The summed E-state index contributed by atoms with van der Waals surface area (Å²) in [5.74, 6) is -0.833. The van der Waals surface area contributed by atoms with E-state index in [0.29, 0.717) is 0 Å². The first-order chi connectivity index (χ1) is 9.15. The molecule has 0 amide bonds. The zero-order valence-corrected chi connectivity index (χ0v) is 12.6. The van der Waals surface area contributed by atoms with E-state index in [9.17, 15) is 4.79 Å². The molecule has 0 radical (unpaired) electrons. The first kappa shape index (κ1) is 20.2. The molecule has 19 heavy (non-hydrogen) atoms. The minimum atomic E-state index is -0.833. The zero-order chi connectivity index (χ0) is 14.8. The predicted molar refractivity (Wildman–Crippen MR) is 80.4 cm³/mol. The Hall–Kier alpha value is -1.12. The monoisotopic (exact) mass is 270 g/mol. The van der Waals surface area contributed by atoms with E-state index >= 15 is 0 Å². The van der Waals surface area contributed by atoms with Gasteiger partial charge in [-0.15, -0.1) is 0 Å². The normalized spacial score (nSPS) is 10.0. The molecule has 0 aromatic carbocycles. The Morgan fingerprint density at radius 2 is 1.32 bits per heavy atom. The second-order valence-corrected chi connectivity index (χ2v) is 4.62. The minimum absolute atomic E-state index is 0.752. The van der Waals surface area contributed by atoms with Crippen molar-refractivity contribution in [2.45, 2.75) is 78.1 Å². The lowest BCUT2D eigenvalue weighted by molar-refractivity contribution is -0.134. The Balaban J connectivity index is 0. The summed E-state index contributed by atoms with van der Waals surface area (Å²) in [4.78, 5) is 19.1. The van der Waals surface area contributed by atoms with Gasteiger partial charge in [0.1, 0.15) is 6.29 Å². The molecule has 1 N–H and O–H groups in total. The SMILES string of the molecule is CC(=O)O.CC/C=C/CCCCCCCCCC=O. The van der Waals surface area contributed by atoms with E-state index in [4.69, 9.17) is 9.90 Å². The molecular weight excluding hydrogens is 240 g/mol. The van der Waals surface area contributed by atoms with Gasteiger partial charge in [-0.2, -0.15) is 0 Å². The molecule has 0 rings (SSSR count). The number of rotatable bonds is 11. The third-order valence-electron chi connectivity index (χ3n) is 2.60. The van der Waals surface area contributed by atoms with E-state index in [1.54, 1.807) is 0 Å². The number of aldehydes is 1. The molecule has 0 aliphatic rings. The van der Waals surface area contributed by atoms with Crippen molar-refractivity contribution in [1.29, 1.82) is 0 Å². The highest BCUT2D eigenvalue weighted by Gasteiger charge is 1.90. The quantitative estimate of drug-likeness (QED) is 0.335. The van der Waals surface area contributed by atoms with Crippen LogP contribution in [0, 0.1) is 0 Å². The van der Waals surface area contributed by atoms with Gasteiger partial charge in [0.25, 0.3) is 5.97 Å². The van der Waals surface area contributed by atoms with Crippen molar-refractivity contribution in [3.8, 4) is 0 Å². The Labute approximate surface area is 118 Å². The van der Waals surface area contributed by atoms with Gasteiger partial charge >= 0.3 is 0 Å². The van der Waals surface area contributed by atoms with Crippen molar-refractivity contribution in [2.24, 2.45) is 0 Å². The highest BCUT2D eigenvalue weighted by atomic mass is 16.4. The molecule has 0 heterocycles. The van der Waals surface area contributed by atoms with Crippen LogP contribution in [-0.2, 0) is 9.59 Å². The fourth-order valence-electron chi connectivity index (χ4n) is 1.66. The summed E-state index contributed by atoms with van der Waals surface area (Å²) in [6.45, 7) is 3.26. The highest BCUT2D eigenvalue weighted by molar-refractivity contribution is 5.62. The van der Waals surface area contributed by atoms with Crippen molar-refractivity contribution in [3.63, 3.8) is 0 Å². The first-order valence-electron chi connectivity index (χ1n) is 7.43. The van der Waals surface area contributed by atoms with Gasteiger partial charge in [-0.1, -0.05) is 51.2 Å². The number of carboxylic acid groups (broad SMARTS) is 1. The van der Waals surface area contributed by atoms with Crippen LogP contribution >= 0.6 is 0 Å². The fourth-order valence-corrected chi connectivity index (χ4v) is 1.66. The number of aliphatic carboxylic acids is 1. The second-order valence-electron chi connectivity index (χ2n) is 4.62. The molecule has 0 unspecified atom stereocenters. The van der Waals surface area contributed by atoms with Gasteiger partial charge in [0.05, 0.1) is 0 Å². The molecule has 3 heteroatoms. The van der Waals surface area contributed by atoms with Crippen LogP contribution in [0.4, 0.5) is 0 Å². The molecule has 0 bridgehead atoms. The molecule has 0 aromatic heterocycles. The van der Waals surface area contributed by atoms with Crippen LogP contribution in [0.15, 0.2) is 12.2 Å². The minimum Gasteiger partial charge on any atom is -0.481 e. The Morgan fingerprint density at radius 3 is 1.74 bits per heavy atom. The van der Waals surface area contributed by atoms with Crippen molar-refractivity contribution >= 4 is 12.3 Å². The lowest BCUT2D eigenvalue weighted by Crippen LogP contribution is -1.81. The van der Waals surface area contributed by atoms with Crippen molar-refractivity contribution in [3.05, 3.63) is 12.2 Å². The van der Waals surface area contributed by atoms with Gasteiger partial charge in [-0.3, -0.25) is 4.79 Å². The maximum absolute atomic E-state index is 10.1. The van der Waals surface area contributed by atoms with E-state index in [-0.39, 0.29) is 0 Å². The molecule has 3 nitrogen and oxygen atoms in total. The molecule has 0 fully saturated rings. The van der Waals surface area contributed by atoms with Crippen LogP contribution in [0.25, 0.3) is 0 Å². The Kier molecular flexibility index (Phi) is 20.4. The maximum Gasteiger partial charge on any atom is 0.300 e.